The van der Waals surface area contributed by atoms with Crippen molar-refractivity contribution >= 4 is 31.6 Å². The first kappa shape index (κ1) is 16.4. The molecule has 0 fully saturated rings. The number of aryl methyl sites for hydroxylation is 1. The maximum absolute atomic E-state index is 14.1. The van der Waals surface area contributed by atoms with Gasteiger partial charge in [-0.25, -0.2) is 4.39 Å². The molecule has 0 N–H and O–H groups in total. The highest BCUT2D eigenvalue weighted by molar-refractivity contribution is 7.90. The number of halogens is 1. The van der Waals surface area contributed by atoms with E-state index >= 15 is 0 Å². The van der Waals surface area contributed by atoms with Gasteiger partial charge in [0.25, 0.3) is 10.0 Å². The number of rotatable bonds is 3. The molecule has 0 radical (unpaired) electrons. The van der Waals surface area contributed by atoms with Crippen molar-refractivity contribution in [2.75, 3.05) is 0 Å². The lowest BCUT2D eigenvalue weighted by molar-refractivity contribution is 0.595. The van der Waals surface area contributed by atoms with Crippen molar-refractivity contribution < 1.29 is 12.8 Å². The molecule has 3 rings (SSSR count). The molecular formula is C17H13FN2O2S2. The molecule has 0 aliphatic carbocycles. The van der Waals surface area contributed by atoms with Gasteiger partial charge in [0.05, 0.1) is 21.7 Å². The van der Waals surface area contributed by atoms with Crippen LogP contribution in [0.1, 0.15) is 5.56 Å². The molecule has 2 aromatic carbocycles. The number of aromatic nitrogens is 1. The molecule has 0 atom stereocenters. The van der Waals surface area contributed by atoms with E-state index in [9.17, 15) is 12.8 Å². The number of nitrogens with zero attached hydrogens (tertiary/aromatic N) is 2. The number of hydrogen-bond acceptors (Lipinski definition) is 3. The Labute approximate surface area is 143 Å². The summed E-state index contributed by atoms with van der Waals surface area (Å²) in [5.41, 5.74) is 1.21. The number of sulfonamides is 1. The monoisotopic (exact) mass is 360 g/mol. The Balaban J connectivity index is 2.27. The smallest absolute Gasteiger partial charge is 0.285 e. The summed E-state index contributed by atoms with van der Waals surface area (Å²) in [6, 6.07) is 11.0. The van der Waals surface area contributed by atoms with Gasteiger partial charge in [0.1, 0.15) is 5.82 Å². The van der Waals surface area contributed by atoms with Crippen LogP contribution in [0.4, 0.5) is 4.39 Å². The van der Waals surface area contributed by atoms with Crippen molar-refractivity contribution in [2.24, 2.45) is 4.40 Å². The van der Waals surface area contributed by atoms with Crippen molar-refractivity contribution in [2.45, 2.75) is 18.4 Å². The van der Waals surface area contributed by atoms with Gasteiger partial charge < -0.3 is 4.57 Å². The third-order valence-electron chi connectivity index (χ3n) is 3.42. The molecule has 24 heavy (non-hydrogen) atoms. The molecule has 1 aromatic heterocycles. The fourth-order valence-electron chi connectivity index (χ4n) is 2.26. The predicted molar refractivity (Wildman–Crippen MR) is 92.5 cm³/mol. The number of thiazole rings is 1. The molecular weight excluding hydrogens is 347 g/mol. The lowest BCUT2D eigenvalue weighted by Gasteiger charge is -2.02. The third-order valence-corrected chi connectivity index (χ3v) is 5.86. The van der Waals surface area contributed by atoms with Crippen molar-refractivity contribution in [1.82, 2.24) is 4.57 Å². The Bertz CT molecular complexity index is 1120. The molecule has 0 unspecified atom stereocenters. The van der Waals surface area contributed by atoms with Gasteiger partial charge in [-0.1, -0.05) is 41.0 Å². The Morgan fingerprint density at radius 1 is 1.25 bits per heavy atom. The zero-order chi connectivity index (χ0) is 17.3. The predicted octanol–water partition coefficient (Wildman–Crippen LogP) is 3.07. The molecule has 3 aromatic rings. The molecule has 0 spiro atoms. The second-order valence-electron chi connectivity index (χ2n) is 5.14. The summed E-state index contributed by atoms with van der Waals surface area (Å²) in [7, 11) is -3.91. The summed E-state index contributed by atoms with van der Waals surface area (Å²) in [6.45, 7) is 1.90. The number of benzene rings is 2. The van der Waals surface area contributed by atoms with E-state index in [1.807, 2.05) is 6.92 Å². The van der Waals surface area contributed by atoms with Gasteiger partial charge in [-0.3, -0.25) is 0 Å². The van der Waals surface area contributed by atoms with Crippen LogP contribution in [0.15, 0.2) is 51.8 Å². The standard InChI is InChI=1S/C17H13FN2O2S2/c1-3-11-20-16-14(18)5-4-6-15(16)23-17(20)19-24(21,22)13-9-7-12(2)8-10-13/h1,4-10H,11H2,2H3. The first-order valence-corrected chi connectivity index (χ1v) is 9.27. The van der Waals surface area contributed by atoms with Crippen LogP contribution in [0.25, 0.3) is 10.2 Å². The molecule has 7 heteroatoms. The number of hydrogen-bond donors (Lipinski definition) is 0. The van der Waals surface area contributed by atoms with E-state index in [-0.39, 0.29) is 21.8 Å². The largest absolute Gasteiger partial charge is 0.302 e. The third kappa shape index (κ3) is 2.98. The highest BCUT2D eigenvalue weighted by Crippen LogP contribution is 2.21. The van der Waals surface area contributed by atoms with Crippen LogP contribution in [-0.4, -0.2) is 13.0 Å². The first-order valence-electron chi connectivity index (χ1n) is 7.01. The second-order valence-corrected chi connectivity index (χ2v) is 7.75. The first-order chi connectivity index (χ1) is 11.4. The summed E-state index contributed by atoms with van der Waals surface area (Å²) in [5, 5.41) is 0. The van der Waals surface area contributed by atoms with Crippen molar-refractivity contribution in [1.29, 1.82) is 0 Å². The lowest BCUT2D eigenvalue weighted by atomic mass is 10.2. The highest BCUT2D eigenvalue weighted by Gasteiger charge is 2.15. The Kier molecular flexibility index (Phi) is 4.26. The van der Waals surface area contributed by atoms with Crippen molar-refractivity contribution in [3.63, 3.8) is 0 Å². The van der Waals surface area contributed by atoms with E-state index in [1.54, 1.807) is 24.3 Å². The topological polar surface area (TPSA) is 51.4 Å². The van der Waals surface area contributed by atoms with Gasteiger partial charge in [-0.2, -0.15) is 8.42 Å². The zero-order valence-corrected chi connectivity index (χ0v) is 14.4. The molecule has 0 amide bonds. The Morgan fingerprint density at radius 2 is 1.96 bits per heavy atom. The Hall–Kier alpha value is -2.43. The van der Waals surface area contributed by atoms with Crippen LogP contribution in [0, 0.1) is 25.1 Å². The van der Waals surface area contributed by atoms with Crippen LogP contribution in [0.3, 0.4) is 0 Å². The van der Waals surface area contributed by atoms with E-state index in [1.165, 1.54) is 22.8 Å². The van der Waals surface area contributed by atoms with Crippen LogP contribution >= 0.6 is 11.3 Å². The summed E-state index contributed by atoms with van der Waals surface area (Å²) in [6.07, 6.45) is 5.34. The molecule has 0 aliphatic rings. The minimum Gasteiger partial charge on any atom is -0.302 e. The fourth-order valence-corrected chi connectivity index (χ4v) is 4.51. The second kappa shape index (κ2) is 6.23. The van der Waals surface area contributed by atoms with Gasteiger partial charge in [0, 0.05) is 0 Å². The van der Waals surface area contributed by atoms with Gasteiger partial charge in [0.15, 0.2) is 0 Å². The summed E-state index contributed by atoms with van der Waals surface area (Å²) in [4.78, 5) is 0.229. The normalized spacial score (nSPS) is 12.5. The van der Waals surface area contributed by atoms with Crippen LogP contribution in [0.2, 0.25) is 0 Å². The average molecular weight is 360 g/mol. The summed E-state index contributed by atoms with van der Waals surface area (Å²) < 4.78 is 45.0. The zero-order valence-electron chi connectivity index (χ0n) is 12.7. The minimum atomic E-state index is -3.91. The van der Waals surface area contributed by atoms with Crippen LogP contribution < -0.4 is 4.80 Å². The maximum atomic E-state index is 14.1. The number of terminal acetylenes is 1. The van der Waals surface area contributed by atoms with E-state index in [0.29, 0.717) is 4.70 Å². The minimum absolute atomic E-state index is 0.0309. The van der Waals surface area contributed by atoms with Gasteiger partial charge >= 0.3 is 0 Å². The van der Waals surface area contributed by atoms with Crippen LogP contribution in [0.5, 0.6) is 0 Å². The van der Waals surface area contributed by atoms with Gasteiger partial charge in [0.2, 0.25) is 4.80 Å². The van der Waals surface area contributed by atoms with Crippen molar-refractivity contribution in [3.05, 3.63) is 58.6 Å². The molecule has 0 bridgehead atoms. The van der Waals surface area contributed by atoms with E-state index < -0.39 is 15.8 Å². The molecule has 1 heterocycles. The summed E-state index contributed by atoms with van der Waals surface area (Å²) in [5.74, 6) is 1.95. The molecule has 0 saturated heterocycles. The highest BCUT2D eigenvalue weighted by atomic mass is 32.2. The van der Waals surface area contributed by atoms with Crippen molar-refractivity contribution in [3.8, 4) is 12.3 Å². The van der Waals surface area contributed by atoms with Gasteiger partial charge in [-0.05, 0) is 31.2 Å². The summed E-state index contributed by atoms with van der Waals surface area (Å²) >= 11 is 1.08. The average Bonchev–Trinajstić information content (AvgIpc) is 2.86. The molecule has 4 nitrogen and oxygen atoms in total. The van der Waals surface area contributed by atoms with E-state index in [4.69, 9.17) is 6.42 Å². The van der Waals surface area contributed by atoms with E-state index in [0.717, 1.165) is 16.9 Å². The number of para-hydroxylation sites is 1. The maximum Gasteiger partial charge on any atom is 0.285 e. The molecule has 0 saturated carbocycles. The SMILES string of the molecule is C#CCn1c(=NS(=O)(=O)c2ccc(C)cc2)sc2cccc(F)c21. The molecule has 122 valence electrons. The Morgan fingerprint density at radius 3 is 2.62 bits per heavy atom. The van der Waals surface area contributed by atoms with Gasteiger partial charge in [-0.15, -0.1) is 10.8 Å². The van der Waals surface area contributed by atoms with Crippen LogP contribution in [-0.2, 0) is 16.6 Å². The van der Waals surface area contributed by atoms with E-state index in [2.05, 4.69) is 10.3 Å². The lowest BCUT2D eigenvalue weighted by Crippen LogP contribution is -2.17. The molecule has 0 aliphatic heterocycles. The quantitative estimate of drug-likeness (QED) is 0.674. The number of fused-ring (bicyclic) bond motifs is 1. The fraction of sp³-hybridized carbons (Fsp3) is 0.118.